The molecule has 0 spiro atoms. The summed E-state index contributed by atoms with van der Waals surface area (Å²) in [4.78, 5) is 8.10. The number of rotatable bonds is 5. The molecule has 0 saturated heterocycles. The molecule has 94 valence electrons. The molecule has 1 aromatic heterocycles. The monoisotopic (exact) mass is 243 g/mol. The highest BCUT2D eigenvalue weighted by Crippen LogP contribution is 2.09. The zero-order valence-corrected chi connectivity index (χ0v) is 10.3. The van der Waals surface area contributed by atoms with Crippen molar-refractivity contribution in [2.45, 2.75) is 25.5 Å². The summed E-state index contributed by atoms with van der Waals surface area (Å²) in [6.07, 6.45) is 5.05. The standard InChI is InChI=1S/C14H17N3O/c1-11(17-14-10-15-7-8-16-14)13(18)9-12-5-3-2-4-6-12/h2-8,10-11,13,18H,9H2,1H3,(H,16,17)/t11-,13+/m1/s1. The van der Waals surface area contributed by atoms with Gasteiger partial charge in [0, 0.05) is 18.8 Å². The Kier molecular flexibility index (Phi) is 4.25. The third-order valence-electron chi connectivity index (χ3n) is 2.80. The Morgan fingerprint density at radius 3 is 2.67 bits per heavy atom. The number of nitrogens with zero attached hydrogens (tertiary/aromatic N) is 2. The lowest BCUT2D eigenvalue weighted by atomic mass is 10.0. The van der Waals surface area contributed by atoms with Crippen LogP contribution in [0.5, 0.6) is 0 Å². The van der Waals surface area contributed by atoms with E-state index in [0.29, 0.717) is 12.2 Å². The normalized spacial score (nSPS) is 13.9. The Hall–Kier alpha value is -1.94. The van der Waals surface area contributed by atoms with E-state index in [0.717, 1.165) is 5.56 Å². The number of hydrogen-bond donors (Lipinski definition) is 2. The van der Waals surface area contributed by atoms with Crippen LogP contribution >= 0.6 is 0 Å². The summed E-state index contributed by atoms with van der Waals surface area (Å²) in [5, 5.41) is 13.3. The van der Waals surface area contributed by atoms with E-state index in [1.54, 1.807) is 18.6 Å². The second kappa shape index (κ2) is 6.12. The molecular formula is C14H17N3O. The lowest BCUT2D eigenvalue weighted by molar-refractivity contribution is 0.158. The van der Waals surface area contributed by atoms with E-state index >= 15 is 0 Å². The fourth-order valence-corrected chi connectivity index (χ4v) is 1.74. The molecule has 2 atom stereocenters. The average molecular weight is 243 g/mol. The van der Waals surface area contributed by atoms with Crippen molar-refractivity contribution in [1.29, 1.82) is 0 Å². The predicted octanol–water partition coefficient (Wildman–Crippen LogP) is 1.88. The fourth-order valence-electron chi connectivity index (χ4n) is 1.74. The highest BCUT2D eigenvalue weighted by molar-refractivity contribution is 5.31. The fraction of sp³-hybridized carbons (Fsp3) is 0.286. The molecule has 1 heterocycles. The molecular weight excluding hydrogens is 226 g/mol. The van der Waals surface area contributed by atoms with Crippen molar-refractivity contribution in [3.63, 3.8) is 0 Å². The van der Waals surface area contributed by atoms with Gasteiger partial charge in [0.2, 0.25) is 0 Å². The summed E-state index contributed by atoms with van der Waals surface area (Å²) in [5.74, 6) is 0.678. The molecule has 0 saturated carbocycles. The van der Waals surface area contributed by atoms with Gasteiger partial charge in [-0.25, -0.2) is 4.98 Å². The zero-order chi connectivity index (χ0) is 12.8. The Morgan fingerprint density at radius 1 is 1.22 bits per heavy atom. The smallest absolute Gasteiger partial charge is 0.144 e. The van der Waals surface area contributed by atoms with Crippen LogP contribution in [-0.2, 0) is 6.42 Å². The summed E-state index contributed by atoms with van der Waals surface area (Å²) < 4.78 is 0. The van der Waals surface area contributed by atoms with E-state index in [1.807, 2.05) is 37.3 Å². The molecule has 0 aliphatic heterocycles. The minimum absolute atomic E-state index is 0.0816. The molecule has 2 rings (SSSR count). The number of hydrogen-bond acceptors (Lipinski definition) is 4. The number of anilines is 1. The Labute approximate surface area is 107 Å². The third-order valence-corrected chi connectivity index (χ3v) is 2.80. The van der Waals surface area contributed by atoms with Gasteiger partial charge in [-0.2, -0.15) is 0 Å². The van der Waals surface area contributed by atoms with Crippen LogP contribution in [0.15, 0.2) is 48.9 Å². The quantitative estimate of drug-likeness (QED) is 0.842. The first-order valence-corrected chi connectivity index (χ1v) is 6.00. The van der Waals surface area contributed by atoms with Crippen molar-refractivity contribution in [1.82, 2.24) is 9.97 Å². The molecule has 4 nitrogen and oxygen atoms in total. The molecule has 0 amide bonds. The second-order valence-electron chi connectivity index (χ2n) is 4.28. The van der Waals surface area contributed by atoms with Crippen LogP contribution in [0, 0.1) is 0 Å². The van der Waals surface area contributed by atoms with Crippen molar-refractivity contribution in [3.8, 4) is 0 Å². The van der Waals surface area contributed by atoms with Crippen LogP contribution in [0.25, 0.3) is 0 Å². The molecule has 4 heteroatoms. The van der Waals surface area contributed by atoms with Crippen LogP contribution in [0.3, 0.4) is 0 Å². The van der Waals surface area contributed by atoms with Gasteiger partial charge in [-0.05, 0) is 12.5 Å². The highest BCUT2D eigenvalue weighted by atomic mass is 16.3. The van der Waals surface area contributed by atoms with E-state index in [1.165, 1.54) is 0 Å². The molecule has 0 aliphatic carbocycles. The number of aromatic nitrogens is 2. The van der Waals surface area contributed by atoms with Gasteiger partial charge < -0.3 is 10.4 Å². The SMILES string of the molecule is C[C@@H](Nc1cnccn1)[C@@H](O)Cc1ccccc1. The summed E-state index contributed by atoms with van der Waals surface area (Å²) in [6.45, 7) is 1.93. The van der Waals surface area contributed by atoms with Crippen LogP contribution < -0.4 is 5.32 Å². The second-order valence-corrected chi connectivity index (χ2v) is 4.28. The van der Waals surface area contributed by atoms with E-state index in [9.17, 15) is 5.11 Å². The predicted molar refractivity (Wildman–Crippen MR) is 71.3 cm³/mol. The number of aliphatic hydroxyl groups excluding tert-OH is 1. The van der Waals surface area contributed by atoms with Crippen LogP contribution in [-0.4, -0.2) is 27.2 Å². The van der Waals surface area contributed by atoms with Crippen molar-refractivity contribution >= 4 is 5.82 Å². The number of aliphatic hydroxyl groups is 1. The van der Waals surface area contributed by atoms with E-state index in [2.05, 4.69) is 15.3 Å². The van der Waals surface area contributed by atoms with Gasteiger partial charge in [0.05, 0.1) is 18.3 Å². The number of benzene rings is 1. The molecule has 0 aliphatic rings. The van der Waals surface area contributed by atoms with Crippen LogP contribution in [0.1, 0.15) is 12.5 Å². The van der Waals surface area contributed by atoms with Gasteiger partial charge in [-0.3, -0.25) is 4.98 Å². The lowest BCUT2D eigenvalue weighted by Crippen LogP contribution is -2.32. The lowest BCUT2D eigenvalue weighted by Gasteiger charge is -2.20. The van der Waals surface area contributed by atoms with Gasteiger partial charge >= 0.3 is 0 Å². The molecule has 0 fully saturated rings. The largest absolute Gasteiger partial charge is 0.391 e. The first-order chi connectivity index (χ1) is 8.75. The highest BCUT2D eigenvalue weighted by Gasteiger charge is 2.14. The van der Waals surface area contributed by atoms with Crippen LogP contribution in [0.4, 0.5) is 5.82 Å². The first-order valence-electron chi connectivity index (χ1n) is 6.00. The number of nitrogens with one attached hydrogen (secondary N) is 1. The molecule has 0 radical (unpaired) electrons. The minimum Gasteiger partial charge on any atom is -0.391 e. The topological polar surface area (TPSA) is 58.0 Å². The van der Waals surface area contributed by atoms with E-state index in [-0.39, 0.29) is 6.04 Å². The molecule has 1 aromatic carbocycles. The van der Waals surface area contributed by atoms with Crippen molar-refractivity contribution in [2.75, 3.05) is 5.32 Å². The Balaban J connectivity index is 1.91. The summed E-state index contributed by atoms with van der Waals surface area (Å²) in [7, 11) is 0. The van der Waals surface area contributed by atoms with Gasteiger partial charge in [0.1, 0.15) is 5.82 Å². The maximum absolute atomic E-state index is 10.1. The molecule has 2 aromatic rings. The van der Waals surface area contributed by atoms with Gasteiger partial charge in [-0.1, -0.05) is 30.3 Å². The molecule has 2 N–H and O–H groups in total. The summed E-state index contributed by atoms with van der Waals surface area (Å²) in [6, 6.07) is 9.86. The third kappa shape index (κ3) is 3.53. The summed E-state index contributed by atoms with van der Waals surface area (Å²) >= 11 is 0. The average Bonchev–Trinajstić information content (AvgIpc) is 2.41. The summed E-state index contributed by atoms with van der Waals surface area (Å²) in [5.41, 5.74) is 1.12. The zero-order valence-electron chi connectivity index (χ0n) is 10.3. The first kappa shape index (κ1) is 12.5. The van der Waals surface area contributed by atoms with Crippen molar-refractivity contribution in [3.05, 3.63) is 54.5 Å². The van der Waals surface area contributed by atoms with Gasteiger partial charge in [0.25, 0.3) is 0 Å². The maximum atomic E-state index is 10.1. The van der Waals surface area contributed by atoms with E-state index in [4.69, 9.17) is 0 Å². The van der Waals surface area contributed by atoms with Gasteiger partial charge in [-0.15, -0.1) is 0 Å². The van der Waals surface area contributed by atoms with Crippen LogP contribution in [0.2, 0.25) is 0 Å². The molecule has 0 unspecified atom stereocenters. The van der Waals surface area contributed by atoms with E-state index < -0.39 is 6.10 Å². The van der Waals surface area contributed by atoms with Crippen molar-refractivity contribution in [2.24, 2.45) is 0 Å². The van der Waals surface area contributed by atoms with Gasteiger partial charge in [0.15, 0.2) is 0 Å². The minimum atomic E-state index is -0.464. The molecule has 18 heavy (non-hydrogen) atoms. The molecule has 0 bridgehead atoms. The van der Waals surface area contributed by atoms with Crippen molar-refractivity contribution < 1.29 is 5.11 Å². The Bertz CT molecular complexity index is 415. The Morgan fingerprint density at radius 2 is 2.00 bits per heavy atom. The maximum Gasteiger partial charge on any atom is 0.144 e.